The van der Waals surface area contributed by atoms with Crippen molar-refractivity contribution in [3.05, 3.63) is 29.8 Å². The van der Waals surface area contributed by atoms with Crippen molar-refractivity contribution in [2.75, 3.05) is 26.2 Å². The van der Waals surface area contributed by atoms with Crippen molar-refractivity contribution in [2.24, 2.45) is 0 Å². The third-order valence-electron chi connectivity index (χ3n) is 3.33. The number of nitrogens with zero attached hydrogens (tertiary/aromatic N) is 1. The molecular weight excluding hydrogens is 280 g/mol. The molecule has 0 bridgehead atoms. The number of sulfonamides is 1. The predicted octanol–water partition coefficient (Wildman–Crippen LogP) is 0.759. The summed E-state index contributed by atoms with van der Waals surface area (Å²) in [5.41, 5.74) is 0.0704. The molecule has 0 radical (unpaired) electrons. The largest absolute Gasteiger partial charge is 0.478 e. The lowest BCUT2D eigenvalue weighted by Gasteiger charge is -2.14. The number of carboxylic acid groups (broad SMARTS) is 1. The van der Waals surface area contributed by atoms with Gasteiger partial charge in [0.25, 0.3) is 0 Å². The number of benzene rings is 1. The molecule has 1 heterocycles. The zero-order valence-electron chi connectivity index (χ0n) is 11.1. The summed E-state index contributed by atoms with van der Waals surface area (Å²) in [6.45, 7) is 3.11. The van der Waals surface area contributed by atoms with Crippen LogP contribution in [0.1, 0.15) is 23.2 Å². The van der Waals surface area contributed by atoms with Gasteiger partial charge in [0.05, 0.1) is 10.5 Å². The highest BCUT2D eigenvalue weighted by Gasteiger charge is 2.16. The highest BCUT2D eigenvalue weighted by Crippen LogP contribution is 2.11. The minimum Gasteiger partial charge on any atom is -0.478 e. The van der Waals surface area contributed by atoms with E-state index in [-0.39, 0.29) is 10.5 Å². The quantitative estimate of drug-likeness (QED) is 0.809. The summed E-state index contributed by atoms with van der Waals surface area (Å²) in [5.74, 6) is -1.07. The summed E-state index contributed by atoms with van der Waals surface area (Å²) in [6.07, 6.45) is 2.34. The Morgan fingerprint density at radius 1 is 1.20 bits per heavy atom. The predicted molar refractivity (Wildman–Crippen MR) is 74.3 cm³/mol. The zero-order chi connectivity index (χ0) is 14.6. The van der Waals surface area contributed by atoms with Crippen LogP contribution in [0.4, 0.5) is 0 Å². The molecule has 6 nitrogen and oxygen atoms in total. The van der Waals surface area contributed by atoms with Gasteiger partial charge in [-0.2, -0.15) is 0 Å². The van der Waals surface area contributed by atoms with Gasteiger partial charge in [-0.25, -0.2) is 17.9 Å². The molecule has 1 aromatic carbocycles. The Labute approximate surface area is 118 Å². The van der Waals surface area contributed by atoms with Crippen LogP contribution in [0.25, 0.3) is 0 Å². The molecule has 1 aromatic rings. The van der Waals surface area contributed by atoms with E-state index in [2.05, 4.69) is 9.62 Å². The van der Waals surface area contributed by atoms with E-state index in [1.165, 1.54) is 37.1 Å². The molecule has 0 atom stereocenters. The fourth-order valence-electron chi connectivity index (χ4n) is 2.20. The average molecular weight is 298 g/mol. The van der Waals surface area contributed by atoms with Gasteiger partial charge in [0, 0.05) is 13.1 Å². The van der Waals surface area contributed by atoms with Crippen molar-refractivity contribution in [3.63, 3.8) is 0 Å². The second kappa shape index (κ2) is 6.34. The number of hydrogen-bond donors (Lipinski definition) is 2. The van der Waals surface area contributed by atoms with Crippen LogP contribution in [-0.2, 0) is 10.0 Å². The fraction of sp³-hybridized carbons (Fsp3) is 0.462. The van der Waals surface area contributed by atoms with Crippen molar-refractivity contribution in [3.8, 4) is 0 Å². The van der Waals surface area contributed by atoms with Gasteiger partial charge < -0.3 is 10.0 Å². The molecule has 1 aliphatic rings. The number of nitrogens with one attached hydrogen (secondary N) is 1. The second-order valence-corrected chi connectivity index (χ2v) is 6.54. The van der Waals surface area contributed by atoms with Crippen molar-refractivity contribution in [1.29, 1.82) is 0 Å². The molecule has 2 N–H and O–H groups in total. The maximum Gasteiger partial charge on any atom is 0.335 e. The van der Waals surface area contributed by atoms with Crippen LogP contribution in [0.2, 0.25) is 0 Å². The van der Waals surface area contributed by atoms with Gasteiger partial charge in [0.15, 0.2) is 0 Å². The maximum atomic E-state index is 12.0. The zero-order valence-corrected chi connectivity index (χ0v) is 11.9. The third-order valence-corrected chi connectivity index (χ3v) is 4.81. The van der Waals surface area contributed by atoms with Crippen LogP contribution in [0.3, 0.4) is 0 Å². The first kappa shape index (κ1) is 15.0. The SMILES string of the molecule is O=C(O)c1ccc(S(=O)(=O)NCCN2CCCC2)cc1. The van der Waals surface area contributed by atoms with Gasteiger partial charge >= 0.3 is 5.97 Å². The first-order chi connectivity index (χ1) is 9.49. The minimum atomic E-state index is -3.56. The normalized spacial score (nSPS) is 16.4. The summed E-state index contributed by atoms with van der Waals surface area (Å²) < 4.78 is 26.6. The Bertz CT molecular complexity index is 563. The smallest absolute Gasteiger partial charge is 0.335 e. The molecule has 0 amide bonds. The lowest BCUT2D eigenvalue weighted by atomic mass is 10.2. The number of hydrogen-bond acceptors (Lipinski definition) is 4. The lowest BCUT2D eigenvalue weighted by molar-refractivity contribution is 0.0696. The van der Waals surface area contributed by atoms with E-state index in [0.717, 1.165) is 13.1 Å². The molecule has 2 rings (SSSR count). The van der Waals surface area contributed by atoms with Gasteiger partial charge in [-0.05, 0) is 50.2 Å². The Hall–Kier alpha value is -1.44. The van der Waals surface area contributed by atoms with Gasteiger partial charge in [0.1, 0.15) is 0 Å². The maximum absolute atomic E-state index is 12.0. The van der Waals surface area contributed by atoms with Crippen LogP contribution in [0.5, 0.6) is 0 Å². The average Bonchev–Trinajstić information content (AvgIpc) is 2.92. The number of carbonyl (C=O) groups is 1. The summed E-state index contributed by atoms with van der Waals surface area (Å²) in [6, 6.07) is 5.19. The molecule has 1 aliphatic heterocycles. The summed E-state index contributed by atoms with van der Waals surface area (Å²) in [4.78, 5) is 13.0. The standard InChI is InChI=1S/C13H18N2O4S/c16-13(17)11-3-5-12(6-4-11)20(18,19)14-7-10-15-8-1-2-9-15/h3-6,14H,1-2,7-10H2,(H,16,17). The van der Waals surface area contributed by atoms with Crippen molar-refractivity contribution < 1.29 is 18.3 Å². The van der Waals surface area contributed by atoms with E-state index in [9.17, 15) is 13.2 Å². The first-order valence-corrected chi connectivity index (χ1v) is 8.03. The molecule has 110 valence electrons. The number of likely N-dealkylation sites (tertiary alicyclic amines) is 1. The minimum absolute atomic E-state index is 0.0704. The van der Waals surface area contributed by atoms with Crippen LogP contribution >= 0.6 is 0 Å². The Morgan fingerprint density at radius 2 is 1.80 bits per heavy atom. The van der Waals surface area contributed by atoms with E-state index < -0.39 is 16.0 Å². The van der Waals surface area contributed by atoms with Gasteiger partial charge in [0.2, 0.25) is 10.0 Å². The summed E-state index contributed by atoms with van der Waals surface area (Å²) >= 11 is 0. The number of rotatable bonds is 6. The molecule has 1 fully saturated rings. The molecule has 1 saturated heterocycles. The van der Waals surface area contributed by atoms with E-state index in [1.807, 2.05) is 0 Å². The molecule has 0 aromatic heterocycles. The van der Waals surface area contributed by atoms with Crippen LogP contribution in [0, 0.1) is 0 Å². The van der Waals surface area contributed by atoms with Crippen molar-refractivity contribution in [1.82, 2.24) is 9.62 Å². The highest BCUT2D eigenvalue weighted by atomic mass is 32.2. The topological polar surface area (TPSA) is 86.7 Å². The summed E-state index contributed by atoms with van der Waals surface area (Å²) in [5, 5.41) is 8.77. The molecule has 0 aliphatic carbocycles. The van der Waals surface area contributed by atoms with Crippen LogP contribution < -0.4 is 4.72 Å². The molecule has 0 saturated carbocycles. The van der Waals surface area contributed by atoms with Gasteiger partial charge in [-0.3, -0.25) is 0 Å². The first-order valence-electron chi connectivity index (χ1n) is 6.54. The van der Waals surface area contributed by atoms with E-state index in [0.29, 0.717) is 13.1 Å². The lowest BCUT2D eigenvalue weighted by Crippen LogP contribution is -2.33. The van der Waals surface area contributed by atoms with Crippen LogP contribution in [-0.4, -0.2) is 50.6 Å². The fourth-order valence-corrected chi connectivity index (χ4v) is 3.23. The van der Waals surface area contributed by atoms with Crippen molar-refractivity contribution in [2.45, 2.75) is 17.7 Å². The van der Waals surface area contributed by atoms with Crippen LogP contribution in [0.15, 0.2) is 29.2 Å². The third kappa shape index (κ3) is 3.78. The van der Waals surface area contributed by atoms with E-state index >= 15 is 0 Å². The molecule has 0 spiro atoms. The molecule has 0 unspecified atom stereocenters. The van der Waals surface area contributed by atoms with Crippen molar-refractivity contribution >= 4 is 16.0 Å². The molecule has 20 heavy (non-hydrogen) atoms. The van der Waals surface area contributed by atoms with Gasteiger partial charge in [-0.15, -0.1) is 0 Å². The van der Waals surface area contributed by atoms with E-state index in [1.54, 1.807) is 0 Å². The number of carboxylic acids is 1. The molecular formula is C13H18N2O4S. The van der Waals surface area contributed by atoms with Gasteiger partial charge in [-0.1, -0.05) is 0 Å². The second-order valence-electron chi connectivity index (χ2n) is 4.78. The molecule has 7 heteroatoms. The van der Waals surface area contributed by atoms with E-state index in [4.69, 9.17) is 5.11 Å². The Morgan fingerprint density at radius 3 is 2.35 bits per heavy atom. The monoisotopic (exact) mass is 298 g/mol. The summed E-state index contributed by atoms with van der Waals surface area (Å²) in [7, 11) is -3.56. The number of aromatic carboxylic acids is 1. The Kier molecular flexibility index (Phi) is 4.74. The highest BCUT2D eigenvalue weighted by molar-refractivity contribution is 7.89. The Balaban J connectivity index is 1.93.